The van der Waals surface area contributed by atoms with Gasteiger partial charge in [0.2, 0.25) is 5.91 Å². The first kappa shape index (κ1) is 15.8. The molecular formula is C16H22BrN3O2. The summed E-state index contributed by atoms with van der Waals surface area (Å²) >= 11 is 3.50. The van der Waals surface area contributed by atoms with Gasteiger partial charge in [0, 0.05) is 37.3 Å². The number of hydrogen-bond acceptors (Lipinski definition) is 4. The van der Waals surface area contributed by atoms with Crippen LogP contribution in [0.3, 0.4) is 0 Å². The van der Waals surface area contributed by atoms with E-state index in [4.69, 9.17) is 4.74 Å². The number of nitrogens with one attached hydrogen (secondary N) is 1. The minimum absolute atomic E-state index is 0.0284. The molecule has 2 aliphatic rings. The Morgan fingerprint density at radius 2 is 2.09 bits per heavy atom. The Balaban J connectivity index is 1.77. The van der Waals surface area contributed by atoms with Crippen molar-refractivity contribution in [2.24, 2.45) is 5.92 Å². The van der Waals surface area contributed by atoms with Gasteiger partial charge < -0.3 is 19.9 Å². The van der Waals surface area contributed by atoms with E-state index in [1.807, 2.05) is 12.1 Å². The van der Waals surface area contributed by atoms with E-state index in [1.165, 1.54) is 0 Å². The zero-order valence-electron chi connectivity index (χ0n) is 12.8. The Kier molecular flexibility index (Phi) is 5.00. The predicted octanol–water partition coefficient (Wildman–Crippen LogP) is 2.18. The fourth-order valence-corrected chi connectivity index (χ4v) is 3.27. The SMILES string of the molecule is CN1CCN(c2ccc(Br)cc2NC(=O)C2CCOC2)CC1. The third-order valence-corrected chi connectivity index (χ3v) is 4.85. The first-order valence-electron chi connectivity index (χ1n) is 7.75. The average molecular weight is 368 g/mol. The van der Waals surface area contributed by atoms with E-state index in [2.05, 4.69) is 44.2 Å². The molecule has 1 amide bonds. The fourth-order valence-electron chi connectivity index (χ4n) is 2.91. The molecule has 2 heterocycles. The van der Waals surface area contributed by atoms with Crippen molar-refractivity contribution in [1.29, 1.82) is 0 Å². The molecule has 1 aromatic carbocycles. The highest BCUT2D eigenvalue weighted by Gasteiger charge is 2.25. The van der Waals surface area contributed by atoms with Gasteiger partial charge in [-0.05, 0) is 31.7 Å². The van der Waals surface area contributed by atoms with Crippen molar-refractivity contribution in [2.45, 2.75) is 6.42 Å². The number of carbonyl (C=O) groups is 1. The molecule has 1 atom stereocenters. The van der Waals surface area contributed by atoms with Crippen LogP contribution in [0.25, 0.3) is 0 Å². The van der Waals surface area contributed by atoms with Gasteiger partial charge in [0.05, 0.1) is 23.9 Å². The van der Waals surface area contributed by atoms with Crippen LogP contribution in [0.2, 0.25) is 0 Å². The zero-order chi connectivity index (χ0) is 15.5. The summed E-state index contributed by atoms with van der Waals surface area (Å²) in [6.07, 6.45) is 0.809. The van der Waals surface area contributed by atoms with Gasteiger partial charge in [0.1, 0.15) is 0 Å². The second kappa shape index (κ2) is 6.98. The number of piperazine rings is 1. The van der Waals surface area contributed by atoms with Gasteiger partial charge >= 0.3 is 0 Å². The molecule has 0 spiro atoms. The van der Waals surface area contributed by atoms with Gasteiger partial charge in [-0.1, -0.05) is 15.9 Å². The predicted molar refractivity (Wildman–Crippen MR) is 91.4 cm³/mol. The Morgan fingerprint density at radius 3 is 2.77 bits per heavy atom. The monoisotopic (exact) mass is 367 g/mol. The molecule has 1 unspecified atom stereocenters. The van der Waals surface area contributed by atoms with Crippen molar-refractivity contribution in [2.75, 3.05) is 56.7 Å². The third kappa shape index (κ3) is 3.62. The van der Waals surface area contributed by atoms with Crippen molar-refractivity contribution in [3.8, 4) is 0 Å². The van der Waals surface area contributed by atoms with E-state index in [0.717, 1.165) is 48.4 Å². The van der Waals surface area contributed by atoms with E-state index in [1.54, 1.807) is 0 Å². The maximum atomic E-state index is 12.4. The summed E-state index contributed by atoms with van der Waals surface area (Å²) in [5, 5.41) is 3.10. The number of benzene rings is 1. The summed E-state index contributed by atoms with van der Waals surface area (Å²) in [7, 11) is 2.14. The standard InChI is InChI=1S/C16H22BrN3O2/c1-19-5-7-20(8-6-19)15-3-2-13(17)10-14(15)18-16(21)12-4-9-22-11-12/h2-3,10,12H,4-9,11H2,1H3,(H,18,21). The number of anilines is 2. The number of ether oxygens (including phenoxy) is 1. The van der Waals surface area contributed by atoms with Crippen LogP contribution in [-0.2, 0) is 9.53 Å². The third-order valence-electron chi connectivity index (χ3n) is 4.36. The fraction of sp³-hybridized carbons (Fsp3) is 0.562. The maximum absolute atomic E-state index is 12.4. The summed E-state index contributed by atoms with van der Waals surface area (Å²) in [5.74, 6) is 0.0327. The van der Waals surface area contributed by atoms with Crippen LogP contribution < -0.4 is 10.2 Å². The molecule has 22 heavy (non-hydrogen) atoms. The summed E-state index contributed by atoms with van der Waals surface area (Å²) in [6.45, 7) is 5.26. The van der Waals surface area contributed by atoms with Crippen LogP contribution in [-0.4, -0.2) is 57.2 Å². The van der Waals surface area contributed by atoms with Gasteiger partial charge in [-0.15, -0.1) is 0 Å². The first-order valence-corrected chi connectivity index (χ1v) is 8.54. The molecule has 3 rings (SSSR count). The Labute approximate surface area is 139 Å². The lowest BCUT2D eigenvalue weighted by atomic mass is 10.1. The lowest BCUT2D eigenvalue weighted by Crippen LogP contribution is -2.44. The quantitative estimate of drug-likeness (QED) is 0.889. The summed E-state index contributed by atoms with van der Waals surface area (Å²) in [6, 6.07) is 6.10. The first-order chi connectivity index (χ1) is 10.6. The van der Waals surface area contributed by atoms with Gasteiger partial charge in [0.25, 0.3) is 0 Å². The number of hydrogen-bond donors (Lipinski definition) is 1. The molecule has 0 saturated carbocycles. The molecular weight excluding hydrogens is 346 g/mol. The van der Waals surface area contributed by atoms with Crippen molar-refractivity contribution in [3.05, 3.63) is 22.7 Å². The van der Waals surface area contributed by atoms with Gasteiger partial charge in [-0.2, -0.15) is 0 Å². The molecule has 2 fully saturated rings. The van der Waals surface area contributed by atoms with Crippen LogP contribution in [0.15, 0.2) is 22.7 Å². The minimum Gasteiger partial charge on any atom is -0.381 e. The van der Waals surface area contributed by atoms with E-state index in [-0.39, 0.29) is 11.8 Å². The van der Waals surface area contributed by atoms with Crippen molar-refractivity contribution in [3.63, 3.8) is 0 Å². The second-order valence-corrected chi connectivity index (χ2v) is 6.92. The lowest BCUT2D eigenvalue weighted by molar-refractivity contribution is -0.119. The molecule has 2 aliphatic heterocycles. The second-order valence-electron chi connectivity index (χ2n) is 6.00. The molecule has 6 heteroatoms. The lowest BCUT2D eigenvalue weighted by Gasteiger charge is -2.35. The average Bonchev–Trinajstić information content (AvgIpc) is 3.03. The molecule has 0 aromatic heterocycles. The highest BCUT2D eigenvalue weighted by Crippen LogP contribution is 2.31. The number of amides is 1. The minimum atomic E-state index is -0.0284. The smallest absolute Gasteiger partial charge is 0.229 e. The van der Waals surface area contributed by atoms with Crippen LogP contribution in [0.5, 0.6) is 0 Å². The van der Waals surface area contributed by atoms with Crippen LogP contribution in [0, 0.1) is 5.92 Å². The summed E-state index contributed by atoms with van der Waals surface area (Å²) in [4.78, 5) is 17.0. The van der Waals surface area contributed by atoms with Crippen molar-refractivity contribution in [1.82, 2.24) is 4.90 Å². The maximum Gasteiger partial charge on any atom is 0.229 e. The van der Waals surface area contributed by atoms with Gasteiger partial charge in [-0.3, -0.25) is 4.79 Å². The summed E-state index contributed by atoms with van der Waals surface area (Å²) in [5.41, 5.74) is 1.99. The number of carbonyl (C=O) groups excluding carboxylic acids is 1. The van der Waals surface area contributed by atoms with E-state index < -0.39 is 0 Å². The Hall–Kier alpha value is -1.11. The van der Waals surface area contributed by atoms with Crippen LogP contribution in [0.1, 0.15) is 6.42 Å². The molecule has 0 aliphatic carbocycles. The van der Waals surface area contributed by atoms with E-state index >= 15 is 0 Å². The number of likely N-dealkylation sites (N-methyl/N-ethyl adjacent to an activating group) is 1. The topological polar surface area (TPSA) is 44.8 Å². The molecule has 0 bridgehead atoms. The van der Waals surface area contributed by atoms with Crippen molar-refractivity contribution >= 4 is 33.2 Å². The molecule has 1 aromatic rings. The normalized spacial score (nSPS) is 22.8. The zero-order valence-corrected chi connectivity index (χ0v) is 14.4. The molecule has 0 radical (unpaired) electrons. The molecule has 2 saturated heterocycles. The number of rotatable bonds is 3. The Bertz CT molecular complexity index is 538. The molecule has 5 nitrogen and oxygen atoms in total. The molecule has 120 valence electrons. The van der Waals surface area contributed by atoms with Crippen LogP contribution in [0.4, 0.5) is 11.4 Å². The van der Waals surface area contributed by atoms with E-state index in [0.29, 0.717) is 13.2 Å². The molecule has 1 N–H and O–H groups in total. The Morgan fingerprint density at radius 1 is 1.32 bits per heavy atom. The van der Waals surface area contributed by atoms with Gasteiger partial charge in [-0.25, -0.2) is 0 Å². The van der Waals surface area contributed by atoms with Crippen LogP contribution >= 0.6 is 15.9 Å². The van der Waals surface area contributed by atoms with Gasteiger partial charge in [0.15, 0.2) is 0 Å². The van der Waals surface area contributed by atoms with E-state index in [9.17, 15) is 4.79 Å². The van der Waals surface area contributed by atoms with Crippen molar-refractivity contribution < 1.29 is 9.53 Å². The number of nitrogens with zero attached hydrogens (tertiary/aromatic N) is 2. The highest BCUT2D eigenvalue weighted by molar-refractivity contribution is 9.10. The largest absolute Gasteiger partial charge is 0.381 e. The summed E-state index contributed by atoms with van der Waals surface area (Å²) < 4.78 is 6.29. The number of halogens is 1. The highest BCUT2D eigenvalue weighted by atomic mass is 79.9.